The molecule has 0 spiro atoms. The quantitative estimate of drug-likeness (QED) is 0.814. The molecule has 1 aliphatic rings. The lowest BCUT2D eigenvalue weighted by Gasteiger charge is -2.24. The Balaban J connectivity index is 1.90. The second-order valence-electron chi connectivity index (χ2n) is 5.01. The highest BCUT2D eigenvalue weighted by molar-refractivity contribution is 7.09. The summed E-state index contributed by atoms with van der Waals surface area (Å²) in [7, 11) is 0. The zero-order valence-electron chi connectivity index (χ0n) is 11.3. The Morgan fingerprint density at radius 1 is 1.45 bits per heavy atom. The number of carbonyl (C=O) groups excluding carboxylic acids is 1. The molecule has 0 radical (unpaired) electrons. The Morgan fingerprint density at radius 3 is 2.75 bits per heavy atom. The molecule has 3 atom stereocenters. The molecule has 0 bridgehead atoms. The van der Waals surface area contributed by atoms with Crippen molar-refractivity contribution in [2.24, 2.45) is 11.8 Å². The van der Waals surface area contributed by atoms with Crippen molar-refractivity contribution in [2.45, 2.75) is 25.7 Å². The van der Waals surface area contributed by atoms with Gasteiger partial charge in [0.1, 0.15) is 0 Å². The molecule has 1 amide bonds. The van der Waals surface area contributed by atoms with Crippen molar-refractivity contribution in [3.8, 4) is 0 Å². The first kappa shape index (κ1) is 14.7. The maximum Gasteiger partial charge on any atom is 0.307 e. The molecule has 0 saturated carbocycles. The van der Waals surface area contributed by atoms with E-state index in [1.54, 1.807) is 17.5 Å². The third-order valence-corrected chi connectivity index (χ3v) is 4.55. The zero-order valence-corrected chi connectivity index (χ0v) is 12.1. The van der Waals surface area contributed by atoms with Crippen molar-refractivity contribution < 1.29 is 14.7 Å². The summed E-state index contributed by atoms with van der Waals surface area (Å²) in [6, 6.07) is 0. The summed E-state index contributed by atoms with van der Waals surface area (Å²) in [6.45, 7) is 2.48. The van der Waals surface area contributed by atoms with E-state index >= 15 is 0 Å². The van der Waals surface area contributed by atoms with Crippen LogP contribution in [-0.4, -0.2) is 28.5 Å². The number of carbonyl (C=O) groups is 2. The third kappa shape index (κ3) is 3.45. The van der Waals surface area contributed by atoms with E-state index in [-0.39, 0.29) is 11.8 Å². The maximum atomic E-state index is 12.2. The summed E-state index contributed by atoms with van der Waals surface area (Å²) in [6.07, 6.45) is 6.38. The number of carboxylic acids is 1. The monoisotopic (exact) mass is 294 g/mol. The van der Waals surface area contributed by atoms with Gasteiger partial charge in [0.05, 0.1) is 16.8 Å². The first-order valence-corrected chi connectivity index (χ1v) is 7.52. The fourth-order valence-corrected chi connectivity index (χ4v) is 3.03. The van der Waals surface area contributed by atoms with Crippen LogP contribution in [0.1, 0.15) is 30.7 Å². The topological polar surface area (TPSA) is 79.3 Å². The van der Waals surface area contributed by atoms with E-state index in [0.29, 0.717) is 19.4 Å². The van der Waals surface area contributed by atoms with Crippen LogP contribution in [0.25, 0.3) is 0 Å². The summed E-state index contributed by atoms with van der Waals surface area (Å²) in [5, 5.41) is 14.9. The first-order chi connectivity index (χ1) is 9.59. The summed E-state index contributed by atoms with van der Waals surface area (Å²) >= 11 is 1.56. The molecule has 2 N–H and O–H groups in total. The van der Waals surface area contributed by atoms with Gasteiger partial charge in [0.2, 0.25) is 5.91 Å². The van der Waals surface area contributed by atoms with Crippen molar-refractivity contribution in [2.75, 3.05) is 6.54 Å². The van der Waals surface area contributed by atoms with E-state index < -0.39 is 17.8 Å². The highest BCUT2D eigenvalue weighted by Gasteiger charge is 2.33. The first-order valence-electron chi connectivity index (χ1n) is 6.64. The number of rotatable bonds is 5. The minimum absolute atomic E-state index is 0.140. The molecule has 0 aliphatic heterocycles. The van der Waals surface area contributed by atoms with E-state index in [1.165, 1.54) is 0 Å². The molecule has 0 fully saturated rings. The molecule has 3 unspecified atom stereocenters. The molecular formula is C14H18N2O3S. The summed E-state index contributed by atoms with van der Waals surface area (Å²) < 4.78 is 0. The number of aromatic nitrogens is 1. The van der Waals surface area contributed by atoms with Gasteiger partial charge in [-0.25, -0.2) is 4.98 Å². The number of amides is 1. The molecular weight excluding hydrogens is 276 g/mol. The fourth-order valence-electron chi connectivity index (χ4n) is 2.33. The molecule has 0 saturated heterocycles. The van der Waals surface area contributed by atoms with E-state index in [4.69, 9.17) is 5.11 Å². The van der Waals surface area contributed by atoms with Crippen LogP contribution in [0.5, 0.6) is 0 Å². The van der Waals surface area contributed by atoms with Crippen LogP contribution in [0.4, 0.5) is 0 Å². The third-order valence-electron chi connectivity index (χ3n) is 3.54. The van der Waals surface area contributed by atoms with Crippen LogP contribution in [0.2, 0.25) is 0 Å². The Morgan fingerprint density at radius 2 is 2.15 bits per heavy atom. The second-order valence-corrected chi connectivity index (χ2v) is 5.94. The maximum absolute atomic E-state index is 12.2. The average Bonchev–Trinajstić information content (AvgIpc) is 2.98. The van der Waals surface area contributed by atoms with Crippen molar-refractivity contribution in [3.63, 3.8) is 0 Å². The van der Waals surface area contributed by atoms with E-state index in [2.05, 4.69) is 10.3 Å². The number of aliphatic carboxylic acids is 1. The van der Waals surface area contributed by atoms with Crippen molar-refractivity contribution >= 4 is 23.2 Å². The van der Waals surface area contributed by atoms with Gasteiger partial charge in [0, 0.05) is 24.0 Å². The van der Waals surface area contributed by atoms with Gasteiger partial charge in [-0.1, -0.05) is 19.1 Å². The zero-order chi connectivity index (χ0) is 14.5. The molecule has 1 heterocycles. The lowest BCUT2D eigenvalue weighted by molar-refractivity contribution is -0.147. The standard InChI is InChI=1S/C14H18N2O3S/c1-9(13-15-6-7-20-13)8-16-12(17)10-4-2-3-5-11(10)14(18)19/h2-3,6-7,9-11H,4-5,8H2,1H3,(H,16,17)(H,18,19). The van der Waals surface area contributed by atoms with E-state index in [0.717, 1.165) is 5.01 Å². The molecule has 108 valence electrons. The second kappa shape index (κ2) is 6.65. The molecule has 5 nitrogen and oxygen atoms in total. The number of carboxylic acid groups (broad SMARTS) is 1. The normalized spacial score (nSPS) is 23.2. The number of nitrogens with zero attached hydrogens (tertiary/aromatic N) is 1. The van der Waals surface area contributed by atoms with Crippen LogP contribution in [0, 0.1) is 11.8 Å². The van der Waals surface area contributed by atoms with Crippen LogP contribution >= 0.6 is 11.3 Å². The average molecular weight is 294 g/mol. The number of hydrogen-bond donors (Lipinski definition) is 2. The summed E-state index contributed by atoms with van der Waals surface area (Å²) in [5.74, 6) is -2.02. The minimum atomic E-state index is -0.900. The molecule has 2 rings (SSSR count). The van der Waals surface area contributed by atoms with Crippen molar-refractivity contribution in [1.29, 1.82) is 0 Å². The number of hydrogen-bond acceptors (Lipinski definition) is 4. The van der Waals surface area contributed by atoms with Gasteiger partial charge in [-0.3, -0.25) is 9.59 Å². The molecule has 1 aromatic rings. The number of thiazole rings is 1. The fraction of sp³-hybridized carbons (Fsp3) is 0.500. The summed E-state index contributed by atoms with van der Waals surface area (Å²) in [5.41, 5.74) is 0. The van der Waals surface area contributed by atoms with Gasteiger partial charge >= 0.3 is 5.97 Å². The minimum Gasteiger partial charge on any atom is -0.481 e. The Bertz CT molecular complexity index is 499. The van der Waals surface area contributed by atoms with E-state index in [9.17, 15) is 9.59 Å². The smallest absolute Gasteiger partial charge is 0.307 e. The highest BCUT2D eigenvalue weighted by Crippen LogP contribution is 2.26. The van der Waals surface area contributed by atoms with Gasteiger partial charge in [-0.05, 0) is 12.8 Å². The summed E-state index contributed by atoms with van der Waals surface area (Å²) in [4.78, 5) is 27.5. The SMILES string of the molecule is CC(CNC(=O)C1CC=CCC1C(=O)O)c1nccs1. The predicted octanol–water partition coefficient (Wildman–Crippen LogP) is 2.03. The van der Waals surface area contributed by atoms with Gasteiger partial charge in [-0.15, -0.1) is 11.3 Å². The number of nitrogens with one attached hydrogen (secondary N) is 1. The predicted molar refractivity (Wildman–Crippen MR) is 76.5 cm³/mol. The largest absolute Gasteiger partial charge is 0.481 e. The van der Waals surface area contributed by atoms with Crippen molar-refractivity contribution in [1.82, 2.24) is 10.3 Å². The van der Waals surface area contributed by atoms with Crippen LogP contribution in [-0.2, 0) is 9.59 Å². The van der Waals surface area contributed by atoms with Crippen LogP contribution < -0.4 is 5.32 Å². The van der Waals surface area contributed by atoms with Crippen LogP contribution in [0.3, 0.4) is 0 Å². The highest BCUT2D eigenvalue weighted by atomic mass is 32.1. The number of allylic oxidation sites excluding steroid dienone is 2. The van der Waals surface area contributed by atoms with Gasteiger partial charge < -0.3 is 10.4 Å². The van der Waals surface area contributed by atoms with Gasteiger partial charge in [-0.2, -0.15) is 0 Å². The Hall–Kier alpha value is -1.69. The van der Waals surface area contributed by atoms with E-state index in [1.807, 2.05) is 24.5 Å². The molecule has 6 heteroatoms. The molecule has 1 aromatic heterocycles. The molecule has 20 heavy (non-hydrogen) atoms. The van der Waals surface area contributed by atoms with Gasteiger partial charge in [0.25, 0.3) is 0 Å². The molecule has 0 aromatic carbocycles. The Labute approximate surface area is 121 Å². The Kier molecular flexibility index (Phi) is 4.89. The molecule has 1 aliphatic carbocycles. The lowest BCUT2D eigenvalue weighted by Crippen LogP contribution is -2.40. The van der Waals surface area contributed by atoms with Crippen molar-refractivity contribution in [3.05, 3.63) is 28.7 Å². The van der Waals surface area contributed by atoms with Gasteiger partial charge in [0.15, 0.2) is 0 Å². The van der Waals surface area contributed by atoms with Crippen LogP contribution in [0.15, 0.2) is 23.7 Å². The lowest BCUT2D eigenvalue weighted by atomic mass is 9.82.